The van der Waals surface area contributed by atoms with Gasteiger partial charge in [-0.25, -0.2) is 0 Å². The van der Waals surface area contributed by atoms with Gasteiger partial charge in [0, 0.05) is 0 Å². The van der Waals surface area contributed by atoms with E-state index in [0.29, 0.717) is 18.3 Å². The van der Waals surface area contributed by atoms with Crippen LogP contribution >= 0.6 is 0 Å². The van der Waals surface area contributed by atoms with Gasteiger partial charge in [0.1, 0.15) is 0 Å². The highest BCUT2D eigenvalue weighted by Crippen LogP contribution is 2.21. The third-order valence-electron chi connectivity index (χ3n) is 2.22. The Balaban J connectivity index is 2.71. The second-order valence-corrected chi connectivity index (χ2v) is 3.20. The van der Waals surface area contributed by atoms with Crippen LogP contribution in [0.4, 0.5) is 0 Å². The molecular formula is C9H13BO4. The molecule has 0 radical (unpaired) electrons. The number of methoxy groups -OCH3 is 1. The molecule has 0 heterocycles. The number of carbonyl (C=O) groups excluding carboxylic acids is 1. The van der Waals surface area contributed by atoms with Crippen molar-refractivity contribution < 1.29 is 19.6 Å². The van der Waals surface area contributed by atoms with Crippen LogP contribution in [0.15, 0.2) is 23.7 Å². The van der Waals surface area contributed by atoms with Crippen LogP contribution in [0.5, 0.6) is 0 Å². The summed E-state index contributed by atoms with van der Waals surface area (Å²) in [6.07, 6.45) is 6.05. The lowest BCUT2D eigenvalue weighted by molar-refractivity contribution is -0.145. The van der Waals surface area contributed by atoms with Gasteiger partial charge in [-0.3, -0.25) is 4.79 Å². The highest BCUT2D eigenvalue weighted by molar-refractivity contribution is 6.50. The van der Waals surface area contributed by atoms with Crippen LogP contribution in [0.1, 0.15) is 12.8 Å². The number of ether oxygens (including phenoxy) is 1. The van der Waals surface area contributed by atoms with E-state index in [9.17, 15) is 4.79 Å². The normalized spacial score (nSPS) is 21.1. The summed E-state index contributed by atoms with van der Waals surface area (Å²) in [5, 5.41) is 18.0. The third-order valence-corrected chi connectivity index (χ3v) is 2.22. The maximum atomic E-state index is 11.2. The molecule has 0 aromatic carbocycles. The molecule has 1 aliphatic rings. The number of rotatable bonds is 2. The van der Waals surface area contributed by atoms with Crippen LogP contribution in [0.25, 0.3) is 0 Å². The summed E-state index contributed by atoms with van der Waals surface area (Å²) in [6.45, 7) is 0. The second-order valence-electron chi connectivity index (χ2n) is 3.20. The maximum Gasteiger partial charge on any atom is 0.484 e. The zero-order valence-electron chi connectivity index (χ0n) is 8.01. The Hall–Kier alpha value is -1.07. The Morgan fingerprint density at radius 3 is 2.93 bits per heavy atom. The third kappa shape index (κ3) is 2.72. The van der Waals surface area contributed by atoms with E-state index in [2.05, 4.69) is 4.74 Å². The topological polar surface area (TPSA) is 66.8 Å². The predicted molar refractivity (Wildman–Crippen MR) is 52.2 cm³/mol. The van der Waals surface area contributed by atoms with Crippen LogP contribution < -0.4 is 0 Å². The molecule has 0 fully saturated rings. The summed E-state index contributed by atoms with van der Waals surface area (Å²) in [5.41, 5.74) is 0.439. The van der Waals surface area contributed by atoms with Crippen molar-refractivity contribution >= 4 is 13.1 Å². The van der Waals surface area contributed by atoms with Crippen LogP contribution in [-0.2, 0) is 9.53 Å². The van der Waals surface area contributed by atoms with Crippen molar-refractivity contribution in [3.8, 4) is 0 Å². The average Bonchev–Trinajstić information content (AvgIpc) is 2.41. The fourth-order valence-electron chi connectivity index (χ4n) is 1.41. The highest BCUT2D eigenvalue weighted by Gasteiger charge is 2.25. The Kier molecular flexibility index (Phi) is 3.91. The van der Waals surface area contributed by atoms with Gasteiger partial charge in [0.15, 0.2) is 0 Å². The van der Waals surface area contributed by atoms with Crippen LogP contribution in [0, 0.1) is 5.92 Å². The molecule has 0 aromatic heterocycles. The fraction of sp³-hybridized carbons (Fsp3) is 0.444. The minimum Gasteiger partial charge on any atom is -0.469 e. The highest BCUT2D eigenvalue weighted by atomic mass is 16.5. The summed E-state index contributed by atoms with van der Waals surface area (Å²) < 4.78 is 4.61. The number of hydrogen-bond donors (Lipinski definition) is 2. The zero-order valence-corrected chi connectivity index (χ0v) is 8.01. The van der Waals surface area contributed by atoms with Crippen LogP contribution in [0.2, 0.25) is 0 Å². The van der Waals surface area contributed by atoms with Crippen molar-refractivity contribution in [3.05, 3.63) is 23.7 Å². The lowest BCUT2D eigenvalue weighted by atomic mass is 9.74. The SMILES string of the molecule is COC(=O)[C@H]1CC=CC=C(B(O)O)C1. The monoisotopic (exact) mass is 196 g/mol. The molecule has 0 unspecified atom stereocenters. The molecule has 76 valence electrons. The Labute approximate surface area is 83.0 Å². The molecule has 0 amide bonds. The van der Waals surface area contributed by atoms with Gasteiger partial charge in [-0.1, -0.05) is 18.2 Å². The molecule has 1 rings (SSSR count). The number of carbonyl (C=O) groups is 1. The first kappa shape index (κ1) is 11.0. The lowest BCUT2D eigenvalue weighted by Crippen LogP contribution is -2.22. The van der Waals surface area contributed by atoms with E-state index in [4.69, 9.17) is 10.0 Å². The molecule has 4 nitrogen and oxygen atoms in total. The summed E-state index contributed by atoms with van der Waals surface area (Å²) in [4.78, 5) is 11.2. The van der Waals surface area contributed by atoms with Gasteiger partial charge >= 0.3 is 13.1 Å². The van der Waals surface area contributed by atoms with Crippen molar-refractivity contribution in [1.82, 2.24) is 0 Å². The molecule has 0 spiro atoms. The molecule has 0 saturated carbocycles. The molecule has 14 heavy (non-hydrogen) atoms. The fourth-order valence-corrected chi connectivity index (χ4v) is 1.41. The molecule has 2 N–H and O–H groups in total. The zero-order chi connectivity index (χ0) is 10.6. The molecule has 0 aromatic rings. The molecule has 0 bridgehead atoms. The minimum absolute atomic E-state index is 0.313. The largest absolute Gasteiger partial charge is 0.484 e. The standard InChI is InChI=1S/C9H13BO4/c1-14-9(11)7-4-2-3-5-8(6-7)10(12)13/h2-3,5,7,12-13H,4,6H2,1H3/t7-/m0/s1. The van der Waals surface area contributed by atoms with Crippen molar-refractivity contribution in [1.29, 1.82) is 0 Å². The quantitative estimate of drug-likeness (QED) is 0.484. The number of allylic oxidation sites excluding steroid dienone is 4. The van der Waals surface area contributed by atoms with E-state index in [0.717, 1.165) is 0 Å². The lowest BCUT2D eigenvalue weighted by Gasteiger charge is -2.12. The van der Waals surface area contributed by atoms with Gasteiger partial charge in [0.2, 0.25) is 0 Å². The second kappa shape index (κ2) is 4.98. The van der Waals surface area contributed by atoms with Gasteiger partial charge in [-0.15, -0.1) is 0 Å². The van der Waals surface area contributed by atoms with Crippen LogP contribution in [-0.4, -0.2) is 30.2 Å². The van der Waals surface area contributed by atoms with E-state index < -0.39 is 7.12 Å². The molecule has 1 aliphatic carbocycles. The van der Waals surface area contributed by atoms with Crippen LogP contribution in [0.3, 0.4) is 0 Å². The van der Waals surface area contributed by atoms with Gasteiger partial charge in [0.25, 0.3) is 0 Å². The Morgan fingerprint density at radius 2 is 2.36 bits per heavy atom. The Bertz CT molecular complexity index is 270. The van der Waals surface area contributed by atoms with Gasteiger partial charge in [-0.2, -0.15) is 0 Å². The summed E-state index contributed by atoms with van der Waals surface area (Å²) >= 11 is 0. The summed E-state index contributed by atoms with van der Waals surface area (Å²) in [7, 11) is -0.166. The molecule has 0 saturated heterocycles. The van der Waals surface area contributed by atoms with Gasteiger partial charge in [-0.05, 0) is 18.3 Å². The summed E-state index contributed by atoms with van der Waals surface area (Å²) in [6, 6.07) is 0. The van der Waals surface area contributed by atoms with E-state index in [1.807, 2.05) is 6.08 Å². The number of esters is 1. The number of hydrogen-bond acceptors (Lipinski definition) is 4. The van der Waals surface area contributed by atoms with E-state index >= 15 is 0 Å². The van der Waals surface area contributed by atoms with E-state index in [1.54, 1.807) is 12.2 Å². The van der Waals surface area contributed by atoms with Crippen molar-refractivity contribution in [3.63, 3.8) is 0 Å². The van der Waals surface area contributed by atoms with Gasteiger partial charge in [0.05, 0.1) is 13.0 Å². The first-order valence-corrected chi connectivity index (χ1v) is 4.44. The maximum absolute atomic E-state index is 11.2. The van der Waals surface area contributed by atoms with Crippen molar-refractivity contribution in [2.75, 3.05) is 7.11 Å². The predicted octanol–water partition coefficient (Wildman–Crippen LogP) is 0.0640. The van der Waals surface area contributed by atoms with E-state index in [-0.39, 0.29) is 11.9 Å². The molecule has 0 aliphatic heterocycles. The molecular weight excluding hydrogens is 183 g/mol. The minimum atomic E-state index is -1.50. The molecule has 5 heteroatoms. The average molecular weight is 196 g/mol. The molecule has 1 atom stereocenters. The first-order chi connectivity index (χ1) is 6.65. The van der Waals surface area contributed by atoms with Crippen molar-refractivity contribution in [2.45, 2.75) is 12.8 Å². The summed E-state index contributed by atoms with van der Waals surface area (Å²) in [5.74, 6) is -0.630. The van der Waals surface area contributed by atoms with Crippen molar-refractivity contribution in [2.24, 2.45) is 5.92 Å². The van der Waals surface area contributed by atoms with E-state index in [1.165, 1.54) is 7.11 Å². The first-order valence-electron chi connectivity index (χ1n) is 4.44. The smallest absolute Gasteiger partial charge is 0.469 e. The van der Waals surface area contributed by atoms with Gasteiger partial charge < -0.3 is 14.8 Å². The Morgan fingerprint density at radius 1 is 1.64 bits per heavy atom.